The van der Waals surface area contributed by atoms with Gasteiger partial charge in [0, 0.05) is 15.7 Å². The van der Waals surface area contributed by atoms with Crippen LogP contribution in [0.2, 0.25) is 5.02 Å². The Labute approximate surface area is 152 Å². The summed E-state index contributed by atoms with van der Waals surface area (Å²) in [5, 5.41) is 7.63. The minimum atomic E-state index is -0.278. The molecule has 1 heterocycles. The number of nitrogens with zero attached hydrogens (tertiary/aromatic N) is 2. The zero-order valence-corrected chi connectivity index (χ0v) is 15.0. The minimum absolute atomic E-state index is 0.278. The number of hydrogen-bond acceptors (Lipinski definition) is 3. The Morgan fingerprint density at radius 3 is 2.88 bits per heavy atom. The summed E-state index contributed by atoms with van der Waals surface area (Å²) in [5.74, 6) is 0.300. The second kappa shape index (κ2) is 7.07. The average Bonchev–Trinajstić information content (AvgIpc) is 3.05. The van der Waals surface area contributed by atoms with Gasteiger partial charge in [-0.15, -0.1) is 0 Å². The van der Waals surface area contributed by atoms with Crippen LogP contribution in [0.5, 0.6) is 5.75 Å². The van der Waals surface area contributed by atoms with Crippen molar-refractivity contribution in [3.8, 4) is 11.4 Å². The molecule has 0 aliphatic carbocycles. The van der Waals surface area contributed by atoms with Crippen LogP contribution in [0.3, 0.4) is 0 Å². The van der Waals surface area contributed by atoms with Crippen LogP contribution in [-0.4, -0.2) is 22.8 Å². The molecule has 0 saturated heterocycles. The highest BCUT2D eigenvalue weighted by molar-refractivity contribution is 9.10. The number of methoxy groups -OCH3 is 1. The molecule has 0 saturated carbocycles. The van der Waals surface area contributed by atoms with Crippen molar-refractivity contribution in [2.24, 2.45) is 0 Å². The van der Waals surface area contributed by atoms with Crippen LogP contribution in [0, 0.1) is 0 Å². The van der Waals surface area contributed by atoms with Gasteiger partial charge < -0.3 is 10.1 Å². The first-order chi connectivity index (χ1) is 11.6. The molecule has 3 rings (SSSR count). The van der Waals surface area contributed by atoms with Crippen molar-refractivity contribution >= 4 is 39.1 Å². The van der Waals surface area contributed by atoms with Crippen LogP contribution in [0.15, 0.2) is 59.3 Å². The highest BCUT2D eigenvalue weighted by Gasteiger charge is 2.13. The molecule has 0 fully saturated rings. The first kappa shape index (κ1) is 16.5. The highest BCUT2D eigenvalue weighted by Crippen LogP contribution is 2.28. The molecule has 1 N–H and O–H groups in total. The van der Waals surface area contributed by atoms with Gasteiger partial charge in [-0.3, -0.25) is 4.79 Å². The largest absolute Gasteiger partial charge is 0.495 e. The first-order valence-corrected chi connectivity index (χ1v) is 8.19. The molecular formula is C17H13BrClN3O2. The zero-order chi connectivity index (χ0) is 17.1. The lowest BCUT2D eigenvalue weighted by Crippen LogP contribution is -2.12. The molecule has 0 spiro atoms. The Bertz CT molecular complexity index is 895. The maximum atomic E-state index is 12.4. The van der Waals surface area contributed by atoms with E-state index in [4.69, 9.17) is 16.3 Å². The first-order valence-electron chi connectivity index (χ1n) is 7.02. The standard InChI is InChI=1S/C17H13BrClN3O2/c1-24-16-6-5-12(18)7-15(16)21-17(23)11-9-20-22(10-11)14-4-2-3-13(19)8-14/h2-10H,1H3,(H,21,23). The maximum Gasteiger partial charge on any atom is 0.258 e. The molecule has 0 radical (unpaired) electrons. The number of amides is 1. The summed E-state index contributed by atoms with van der Waals surface area (Å²) in [6.07, 6.45) is 3.14. The number of halogens is 2. The van der Waals surface area contributed by atoms with Gasteiger partial charge in [-0.2, -0.15) is 5.10 Å². The lowest BCUT2D eigenvalue weighted by molar-refractivity contribution is 0.102. The molecule has 7 heteroatoms. The van der Waals surface area contributed by atoms with Gasteiger partial charge >= 0.3 is 0 Å². The molecule has 24 heavy (non-hydrogen) atoms. The normalized spacial score (nSPS) is 10.5. The predicted molar refractivity (Wildman–Crippen MR) is 97.2 cm³/mol. The van der Waals surface area contributed by atoms with E-state index >= 15 is 0 Å². The quantitative estimate of drug-likeness (QED) is 0.691. The van der Waals surface area contributed by atoms with Gasteiger partial charge in [0.05, 0.1) is 30.2 Å². The summed E-state index contributed by atoms with van der Waals surface area (Å²) >= 11 is 9.36. The lowest BCUT2D eigenvalue weighted by atomic mass is 10.2. The third-order valence-electron chi connectivity index (χ3n) is 3.33. The molecule has 2 aromatic carbocycles. The van der Waals surface area contributed by atoms with Gasteiger partial charge in [0.15, 0.2) is 0 Å². The van der Waals surface area contributed by atoms with E-state index in [9.17, 15) is 4.79 Å². The fourth-order valence-corrected chi connectivity index (χ4v) is 2.72. The fourth-order valence-electron chi connectivity index (χ4n) is 2.17. The highest BCUT2D eigenvalue weighted by atomic mass is 79.9. The summed E-state index contributed by atoms with van der Waals surface area (Å²) in [6, 6.07) is 12.6. The molecule has 0 aliphatic heterocycles. The summed E-state index contributed by atoms with van der Waals surface area (Å²) in [5.41, 5.74) is 1.78. The molecule has 1 amide bonds. The van der Waals surface area contributed by atoms with Crippen LogP contribution >= 0.6 is 27.5 Å². The van der Waals surface area contributed by atoms with E-state index in [2.05, 4.69) is 26.3 Å². The van der Waals surface area contributed by atoms with Crippen LogP contribution in [0.4, 0.5) is 5.69 Å². The van der Waals surface area contributed by atoms with Crippen molar-refractivity contribution in [1.29, 1.82) is 0 Å². The second-order valence-electron chi connectivity index (χ2n) is 4.95. The minimum Gasteiger partial charge on any atom is -0.495 e. The monoisotopic (exact) mass is 405 g/mol. The SMILES string of the molecule is COc1ccc(Br)cc1NC(=O)c1cnn(-c2cccc(Cl)c2)c1. The number of nitrogens with one attached hydrogen (secondary N) is 1. The Morgan fingerprint density at radius 1 is 1.29 bits per heavy atom. The fraction of sp³-hybridized carbons (Fsp3) is 0.0588. The maximum absolute atomic E-state index is 12.4. The predicted octanol–water partition coefficient (Wildman–Crippen LogP) is 4.55. The second-order valence-corrected chi connectivity index (χ2v) is 6.30. The van der Waals surface area contributed by atoms with Crippen molar-refractivity contribution in [2.45, 2.75) is 0 Å². The number of carbonyl (C=O) groups is 1. The van der Waals surface area contributed by atoms with E-state index < -0.39 is 0 Å². The van der Waals surface area contributed by atoms with E-state index in [0.717, 1.165) is 10.2 Å². The van der Waals surface area contributed by atoms with Crippen LogP contribution < -0.4 is 10.1 Å². The van der Waals surface area contributed by atoms with Crippen LogP contribution in [0.1, 0.15) is 10.4 Å². The van der Waals surface area contributed by atoms with E-state index in [0.29, 0.717) is 22.0 Å². The van der Waals surface area contributed by atoms with Gasteiger partial charge in [-0.25, -0.2) is 4.68 Å². The number of ether oxygens (including phenoxy) is 1. The average molecular weight is 407 g/mol. The van der Waals surface area contributed by atoms with E-state index in [1.165, 1.54) is 6.20 Å². The number of anilines is 1. The number of rotatable bonds is 4. The molecular weight excluding hydrogens is 394 g/mol. The third kappa shape index (κ3) is 3.60. The van der Waals surface area contributed by atoms with Crippen molar-refractivity contribution in [3.05, 3.63) is 69.9 Å². The van der Waals surface area contributed by atoms with Gasteiger partial charge in [0.25, 0.3) is 5.91 Å². The molecule has 0 atom stereocenters. The summed E-state index contributed by atoms with van der Waals surface area (Å²) < 4.78 is 7.69. The molecule has 1 aromatic heterocycles. The smallest absolute Gasteiger partial charge is 0.258 e. The molecule has 0 unspecified atom stereocenters. The van der Waals surface area contributed by atoms with Crippen molar-refractivity contribution in [3.63, 3.8) is 0 Å². The zero-order valence-electron chi connectivity index (χ0n) is 12.7. The topological polar surface area (TPSA) is 56.1 Å². The molecule has 0 bridgehead atoms. The van der Waals surface area contributed by atoms with Crippen LogP contribution in [-0.2, 0) is 0 Å². The van der Waals surface area contributed by atoms with Gasteiger partial charge in [0.2, 0.25) is 0 Å². The third-order valence-corrected chi connectivity index (χ3v) is 4.06. The number of carbonyl (C=O) groups excluding carboxylic acids is 1. The Balaban J connectivity index is 1.83. The lowest BCUT2D eigenvalue weighted by Gasteiger charge is -2.09. The van der Waals surface area contributed by atoms with Gasteiger partial charge in [0.1, 0.15) is 5.75 Å². The number of benzene rings is 2. The molecule has 5 nitrogen and oxygen atoms in total. The number of hydrogen-bond donors (Lipinski definition) is 1. The van der Waals surface area contributed by atoms with E-state index in [1.54, 1.807) is 42.3 Å². The molecule has 122 valence electrons. The Morgan fingerprint density at radius 2 is 2.12 bits per heavy atom. The Kier molecular flexibility index (Phi) is 4.87. The molecule has 3 aromatic rings. The van der Waals surface area contributed by atoms with Crippen molar-refractivity contribution < 1.29 is 9.53 Å². The van der Waals surface area contributed by atoms with Crippen molar-refractivity contribution in [1.82, 2.24) is 9.78 Å². The van der Waals surface area contributed by atoms with Gasteiger partial charge in [-0.1, -0.05) is 33.6 Å². The summed E-state index contributed by atoms with van der Waals surface area (Å²) in [6.45, 7) is 0. The van der Waals surface area contributed by atoms with E-state index in [1.807, 2.05) is 18.2 Å². The van der Waals surface area contributed by atoms with E-state index in [-0.39, 0.29) is 5.91 Å². The van der Waals surface area contributed by atoms with Crippen molar-refractivity contribution in [2.75, 3.05) is 12.4 Å². The number of aromatic nitrogens is 2. The van der Waals surface area contributed by atoms with Crippen LogP contribution in [0.25, 0.3) is 5.69 Å². The summed E-state index contributed by atoms with van der Waals surface area (Å²) in [7, 11) is 1.55. The Hall–Kier alpha value is -2.31. The van der Waals surface area contributed by atoms with Gasteiger partial charge in [-0.05, 0) is 36.4 Å². The summed E-state index contributed by atoms with van der Waals surface area (Å²) in [4.78, 5) is 12.4. The molecule has 0 aliphatic rings.